The fourth-order valence-electron chi connectivity index (χ4n) is 4.46. The third-order valence-corrected chi connectivity index (χ3v) is 7.55. The van der Waals surface area contributed by atoms with Gasteiger partial charge in [-0.1, -0.05) is 0 Å². The summed E-state index contributed by atoms with van der Waals surface area (Å²) in [5.41, 5.74) is 0. The molecule has 6 nitrogen and oxygen atoms in total. The van der Waals surface area contributed by atoms with Gasteiger partial charge in [0.2, 0.25) is 11.8 Å². The number of piperidine rings is 1. The second-order valence-electron chi connectivity index (χ2n) is 7.85. The van der Waals surface area contributed by atoms with E-state index in [9.17, 15) is 9.59 Å². The molecule has 3 aliphatic heterocycles. The molecule has 3 fully saturated rings. The largest absolute Gasteiger partial charge is 0.467 e. The van der Waals surface area contributed by atoms with Gasteiger partial charge in [-0.2, -0.15) is 0 Å². The third-order valence-electron chi connectivity index (χ3n) is 6.05. The highest BCUT2D eigenvalue weighted by molar-refractivity contribution is 8.01. The van der Waals surface area contributed by atoms with Crippen LogP contribution in [0.3, 0.4) is 0 Å². The normalized spacial score (nSPS) is 30.0. The average molecular weight is 378 g/mol. The maximum atomic E-state index is 13.5. The van der Waals surface area contributed by atoms with Crippen LogP contribution in [0.25, 0.3) is 0 Å². The van der Waals surface area contributed by atoms with Crippen molar-refractivity contribution in [1.82, 2.24) is 14.7 Å². The van der Waals surface area contributed by atoms with Gasteiger partial charge in [0.1, 0.15) is 11.8 Å². The van der Waals surface area contributed by atoms with Gasteiger partial charge in [-0.25, -0.2) is 0 Å². The van der Waals surface area contributed by atoms with Crippen molar-refractivity contribution in [3.8, 4) is 0 Å². The summed E-state index contributed by atoms with van der Waals surface area (Å²) in [4.78, 5) is 31.9. The van der Waals surface area contributed by atoms with Crippen LogP contribution in [0.2, 0.25) is 0 Å². The third kappa shape index (κ3) is 3.16. The second kappa shape index (κ2) is 6.93. The molecule has 2 amide bonds. The molecular weight excluding hydrogens is 350 g/mol. The number of hydrogen-bond donors (Lipinski definition) is 0. The lowest BCUT2D eigenvalue weighted by atomic mass is 10.0. The fourth-order valence-corrected chi connectivity index (χ4v) is 5.88. The lowest BCUT2D eigenvalue weighted by molar-refractivity contribution is -0.146. The maximum Gasteiger partial charge on any atom is 0.246 e. The molecule has 0 saturated carbocycles. The van der Waals surface area contributed by atoms with E-state index in [1.807, 2.05) is 21.9 Å². The first-order chi connectivity index (χ1) is 12.5. The first-order valence-corrected chi connectivity index (χ1v) is 10.4. The number of thioether (sulfide) groups is 1. The van der Waals surface area contributed by atoms with E-state index in [2.05, 4.69) is 18.9 Å². The predicted molar refractivity (Wildman–Crippen MR) is 101 cm³/mol. The van der Waals surface area contributed by atoms with E-state index in [1.54, 1.807) is 18.0 Å². The molecule has 0 spiro atoms. The Hall–Kier alpha value is -1.47. The number of nitrogens with zero attached hydrogens (tertiary/aromatic N) is 3. The molecule has 1 aromatic heterocycles. The topological polar surface area (TPSA) is 57.0 Å². The van der Waals surface area contributed by atoms with Crippen LogP contribution in [-0.4, -0.2) is 69.4 Å². The molecule has 4 heterocycles. The minimum Gasteiger partial charge on any atom is -0.467 e. The van der Waals surface area contributed by atoms with Gasteiger partial charge < -0.3 is 19.1 Å². The highest BCUT2D eigenvalue weighted by Crippen LogP contribution is 2.47. The molecule has 2 unspecified atom stereocenters. The van der Waals surface area contributed by atoms with Gasteiger partial charge in [-0.05, 0) is 58.5 Å². The number of likely N-dealkylation sites (tertiary alicyclic amines) is 1. The van der Waals surface area contributed by atoms with Crippen molar-refractivity contribution >= 4 is 23.6 Å². The number of fused-ring (bicyclic) bond motifs is 1. The maximum absolute atomic E-state index is 13.5. The van der Waals surface area contributed by atoms with Crippen LogP contribution in [0.4, 0.5) is 0 Å². The van der Waals surface area contributed by atoms with E-state index in [4.69, 9.17) is 4.42 Å². The zero-order valence-electron chi connectivity index (χ0n) is 15.5. The molecule has 0 aromatic carbocycles. The van der Waals surface area contributed by atoms with Crippen molar-refractivity contribution in [3.05, 3.63) is 24.2 Å². The summed E-state index contributed by atoms with van der Waals surface area (Å²) in [5, 5.41) is 0. The van der Waals surface area contributed by atoms with E-state index in [-0.39, 0.29) is 28.8 Å². The highest BCUT2D eigenvalue weighted by Gasteiger charge is 2.54. The van der Waals surface area contributed by atoms with Gasteiger partial charge >= 0.3 is 0 Å². The molecule has 4 rings (SSSR count). The van der Waals surface area contributed by atoms with Gasteiger partial charge in [0.25, 0.3) is 0 Å². The summed E-state index contributed by atoms with van der Waals surface area (Å²) in [6.45, 7) is 4.57. The van der Waals surface area contributed by atoms with Gasteiger partial charge in [-0.15, -0.1) is 11.8 Å². The lowest BCUT2D eigenvalue weighted by Crippen LogP contribution is -2.55. The van der Waals surface area contributed by atoms with Gasteiger partial charge in [0, 0.05) is 18.2 Å². The van der Waals surface area contributed by atoms with Gasteiger partial charge in [-0.3, -0.25) is 9.59 Å². The van der Waals surface area contributed by atoms with Crippen LogP contribution >= 0.6 is 11.8 Å². The standard InChI is InChI=1S/C19H27N3O3S/c1-19-8-5-17(23)22(19)16(13-26-19)18(24)21(12-15-4-3-11-25-15)14-6-9-20(2)10-7-14/h3-4,11,14,16H,5-10,12-13H2,1-2H3. The van der Waals surface area contributed by atoms with Crippen molar-refractivity contribution in [2.24, 2.45) is 0 Å². The first-order valence-electron chi connectivity index (χ1n) is 9.45. The Morgan fingerprint density at radius 3 is 2.88 bits per heavy atom. The Morgan fingerprint density at radius 2 is 2.19 bits per heavy atom. The van der Waals surface area contributed by atoms with Crippen LogP contribution in [0.1, 0.15) is 38.4 Å². The molecule has 0 N–H and O–H groups in total. The Bertz CT molecular complexity index is 672. The Kier molecular flexibility index (Phi) is 4.77. The number of amides is 2. The second-order valence-corrected chi connectivity index (χ2v) is 9.35. The molecule has 7 heteroatoms. The highest BCUT2D eigenvalue weighted by atomic mass is 32.2. The van der Waals surface area contributed by atoms with Gasteiger partial charge in [0.15, 0.2) is 0 Å². The molecular formula is C19H27N3O3S. The summed E-state index contributed by atoms with van der Waals surface area (Å²) in [5.74, 6) is 1.71. The SMILES string of the molecule is CN1CCC(N(Cc2ccco2)C(=O)C2CSC3(C)CCC(=O)N23)CC1. The van der Waals surface area contributed by atoms with Crippen LogP contribution < -0.4 is 0 Å². The van der Waals surface area contributed by atoms with E-state index in [0.29, 0.717) is 18.7 Å². The fraction of sp³-hybridized carbons (Fsp3) is 0.684. The summed E-state index contributed by atoms with van der Waals surface area (Å²) in [6, 6.07) is 3.65. The molecule has 0 bridgehead atoms. The monoisotopic (exact) mass is 377 g/mol. The van der Waals surface area contributed by atoms with Crippen molar-refractivity contribution in [2.75, 3.05) is 25.9 Å². The van der Waals surface area contributed by atoms with Crippen LogP contribution in [0.5, 0.6) is 0 Å². The molecule has 0 aliphatic carbocycles. The zero-order chi connectivity index (χ0) is 18.3. The van der Waals surface area contributed by atoms with E-state index in [1.165, 1.54) is 0 Å². The molecule has 0 radical (unpaired) electrons. The van der Waals surface area contributed by atoms with Crippen LogP contribution in [0, 0.1) is 0 Å². The Balaban J connectivity index is 1.56. The number of hydrogen-bond acceptors (Lipinski definition) is 5. The predicted octanol–water partition coefficient (Wildman–Crippen LogP) is 2.16. The van der Waals surface area contributed by atoms with Crippen molar-refractivity contribution in [1.29, 1.82) is 0 Å². The van der Waals surface area contributed by atoms with Gasteiger partial charge in [0.05, 0.1) is 17.7 Å². The van der Waals surface area contributed by atoms with Crippen molar-refractivity contribution in [2.45, 2.75) is 56.1 Å². The number of rotatable bonds is 4. The van der Waals surface area contributed by atoms with Crippen molar-refractivity contribution in [3.63, 3.8) is 0 Å². The summed E-state index contributed by atoms with van der Waals surface area (Å²) >= 11 is 1.75. The lowest BCUT2D eigenvalue weighted by Gasteiger charge is -2.39. The minimum absolute atomic E-state index is 0.0856. The summed E-state index contributed by atoms with van der Waals surface area (Å²) in [6.07, 6.45) is 4.98. The number of carbonyl (C=O) groups is 2. The number of carbonyl (C=O) groups excluding carboxylic acids is 2. The Labute approximate surface area is 158 Å². The summed E-state index contributed by atoms with van der Waals surface area (Å²) in [7, 11) is 2.12. The van der Waals surface area contributed by atoms with E-state index in [0.717, 1.165) is 38.1 Å². The molecule has 1 aromatic rings. The van der Waals surface area contributed by atoms with Crippen LogP contribution in [-0.2, 0) is 16.1 Å². The molecule has 3 aliphatic rings. The quantitative estimate of drug-likeness (QED) is 0.805. The average Bonchev–Trinajstić information content (AvgIpc) is 3.32. The van der Waals surface area contributed by atoms with Crippen LogP contribution in [0.15, 0.2) is 22.8 Å². The molecule has 2 atom stereocenters. The smallest absolute Gasteiger partial charge is 0.246 e. The first kappa shape index (κ1) is 17.9. The molecule has 142 valence electrons. The van der Waals surface area contributed by atoms with E-state index >= 15 is 0 Å². The van der Waals surface area contributed by atoms with E-state index < -0.39 is 0 Å². The minimum atomic E-state index is -0.338. The van der Waals surface area contributed by atoms with Crippen molar-refractivity contribution < 1.29 is 14.0 Å². The Morgan fingerprint density at radius 1 is 1.42 bits per heavy atom. The number of furan rings is 1. The molecule has 26 heavy (non-hydrogen) atoms. The molecule has 3 saturated heterocycles. The zero-order valence-corrected chi connectivity index (χ0v) is 16.3. The summed E-state index contributed by atoms with van der Waals surface area (Å²) < 4.78 is 5.53.